The Morgan fingerprint density at radius 3 is 2.53 bits per heavy atom. The van der Waals surface area contributed by atoms with Crippen molar-refractivity contribution in [2.45, 2.75) is 19.0 Å². The SMILES string of the molecule is O=C1C[C@H](N2CCN(Cc3ccc4c(c3)OCO4)CC2)C(=O)N1c1ccccc1F. The Hall–Kier alpha value is -2.97. The summed E-state index contributed by atoms with van der Waals surface area (Å²) in [6, 6.07) is 11.3. The summed E-state index contributed by atoms with van der Waals surface area (Å²) in [5.74, 6) is 0.294. The molecule has 1 atom stereocenters. The summed E-state index contributed by atoms with van der Waals surface area (Å²) < 4.78 is 24.9. The normalized spacial score (nSPS) is 22.2. The Balaban J connectivity index is 1.21. The van der Waals surface area contributed by atoms with Crippen molar-refractivity contribution < 1.29 is 23.5 Å². The first-order valence-corrected chi connectivity index (χ1v) is 10.1. The molecule has 7 nitrogen and oxygen atoms in total. The molecule has 0 unspecified atom stereocenters. The van der Waals surface area contributed by atoms with Crippen molar-refractivity contribution in [3.05, 3.63) is 53.8 Å². The second-order valence-electron chi connectivity index (χ2n) is 7.74. The Labute approximate surface area is 173 Å². The fourth-order valence-corrected chi connectivity index (χ4v) is 4.32. The van der Waals surface area contributed by atoms with E-state index in [4.69, 9.17) is 9.47 Å². The molecule has 156 valence electrons. The second-order valence-corrected chi connectivity index (χ2v) is 7.74. The average Bonchev–Trinajstić information content (AvgIpc) is 3.33. The summed E-state index contributed by atoms with van der Waals surface area (Å²) in [6.45, 7) is 3.97. The second kappa shape index (κ2) is 7.70. The molecule has 0 aliphatic carbocycles. The summed E-state index contributed by atoms with van der Waals surface area (Å²) in [6.07, 6.45) is 0.0926. The van der Waals surface area contributed by atoms with Gasteiger partial charge in [-0.3, -0.25) is 19.4 Å². The van der Waals surface area contributed by atoms with E-state index < -0.39 is 11.9 Å². The lowest BCUT2D eigenvalue weighted by molar-refractivity contribution is -0.123. The van der Waals surface area contributed by atoms with E-state index in [0.717, 1.165) is 41.6 Å². The minimum absolute atomic E-state index is 0.0384. The van der Waals surface area contributed by atoms with Crippen molar-refractivity contribution in [3.8, 4) is 11.5 Å². The zero-order valence-corrected chi connectivity index (χ0v) is 16.4. The Morgan fingerprint density at radius 2 is 1.73 bits per heavy atom. The van der Waals surface area contributed by atoms with Crippen LogP contribution in [-0.4, -0.2) is 60.6 Å². The van der Waals surface area contributed by atoms with Crippen molar-refractivity contribution in [2.75, 3.05) is 37.9 Å². The minimum Gasteiger partial charge on any atom is -0.454 e. The molecule has 0 N–H and O–H groups in total. The highest BCUT2D eigenvalue weighted by Crippen LogP contribution is 2.33. The molecule has 2 aromatic rings. The summed E-state index contributed by atoms with van der Waals surface area (Å²) in [4.78, 5) is 30.7. The molecule has 2 amide bonds. The van der Waals surface area contributed by atoms with Gasteiger partial charge in [0.25, 0.3) is 5.91 Å². The molecular formula is C22H22FN3O4. The van der Waals surface area contributed by atoms with Gasteiger partial charge in [0.1, 0.15) is 5.82 Å². The molecule has 3 aliphatic heterocycles. The van der Waals surface area contributed by atoms with Crippen LogP contribution in [-0.2, 0) is 16.1 Å². The Kier molecular flexibility index (Phi) is 4.88. The number of fused-ring (bicyclic) bond motifs is 1. The number of rotatable bonds is 4. The van der Waals surface area contributed by atoms with Gasteiger partial charge in [0.15, 0.2) is 11.5 Å². The third-order valence-electron chi connectivity index (χ3n) is 5.91. The van der Waals surface area contributed by atoms with Crippen LogP contribution < -0.4 is 14.4 Å². The summed E-state index contributed by atoms with van der Waals surface area (Å²) in [7, 11) is 0. The predicted octanol–water partition coefficient (Wildman–Crippen LogP) is 2.00. The maximum Gasteiger partial charge on any atom is 0.251 e. The first kappa shape index (κ1) is 19.0. The number of carbonyl (C=O) groups excluding carboxylic acids is 2. The highest BCUT2D eigenvalue weighted by molar-refractivity contribution is 6.22. The van der Waals surface area contributed by atoms with E-state index in [1.54, 1.807) is 12.1 Å². The van der Waals surface area contributed by atoms with Gasteiger partial charge < -0.3 is 9.47 Å². The van der Waals surface area contributed by atoms with Crippen molar-refractivity contribution in [1.82, 2.24) is 9.80 Å². The van der Waals surface area contributed by atoms with Crippen molar-refractivity contribution >= 4 is 17.5 Å². The van der Waals surface area contributed by atoms with Gasteiger partial charge in [-0.25, -0.2) is 9.29 Å². The number of para-hydroxylation sites is 1. The summed E-state index contributed by atoms with van der Waals surface area (Å²) >= 11 is 0. The molecule has 2 saturated heterocycles. The lowest BCUT2D eigenvalue weighted by Crippen LogP contribution is -2.52. The molecule has 0 spiro atoms. The first-order valence-electron chi connectivity index (χ1n) is 10.1. The molecule has 0 saturated carbocycles. The number of imide groups is 1. The van der Waals surface area contributed by atoms with Gasteiger partial charge in [-0.15, -0.1) is 0 Å². The fourth-order valence-electron chi connectivity index (χ4n) is 4.32. The topological polar surface area (TPSA) is 62.3 Å². The van der Waals surface area contributed by atoms with Gasteiger partial charge in [0.05, 0.1) is 18.2 Å². The van der Waals surface area contributed by atoms with Crippen LogP contribution in [0.4, 0.5) is 10.1 Å². The molecular weight excluding hydrogens is 389 g/mol. The van der Waals surface area contributed by atoms with Crippen molar-refractivity contribution in [2.24, 2.45) is 0 Å². The third-order valence-corrected chi connectivity index (χ3v) is 5.91. The molecule has 8 heteroatoms. The highest BCUT2D eigenvalue weighted by atomic mass is 19.1. The maximum absolute atomic E-state index is 14.1. The van der Waals surface area contributed by atoms with E-state index in [2.05, 4.69) is 4.90 Å². The van der Waals surface area contributed by atoms with E-state index >= 15 is 0 Å². The Bertz CT molecular complexity index is 990. The third kappa shape index (κ3) is 3.42. The Morgan fingerprint density at radius 1 is 0.967 bits per heavy atom. The van der Waals surface area contributed by atoms with Crippen LogP contribution in [0, 0.1) is 5.82 Å². The van der Waals surface area contributed by atoms with Crippen LogP contribution in [0.5, 0.6) is 11.5 Å². The maximum atomic E-state index is 14.1. The minimum atomic E-state index is -0.562. The number of halogens is 1. The molecule has 0 radical (unpaired) electrons. The fraction of sp³-hybridized carbons (Fsp3) is 0.364. The number of hydrogen-bond donors (Lipinski definition) is 0. The van der Waals surface area contributed by atoms with Crippen LogP contribution in [0.25, 0.3) is 0 Å². The van der Waals surface area contributed by atoms with Crippen LogP contribution >= 0.6 is 0 Å². The van der Waals surface area contributed by atoms with E-state index in [0.29, 0.717) is 13.1 Å². The van der Waals surface area contributed by atoms with Gasteiger partial charge in [-0.1, -0.05) is 18.2 Å². The molecule has 3 aliphatic rings. The van der Waals surface area contributed by atoms with E-state index in [1.165, 1.54) is 12.1 Å². The van der Waals surface area contributed by atoms with Crippen LogP contribution in [0.2, 0.25) is 0 Å². The van der Waals surface area contributed by atoms with Crippen LogP contribution in [0.1, 0.15) is 12.0 Å². The molecule has 5 rings (SSSR count). The molecule has 3 heterocycles. The summed E-state index contributed by atoms with van der Waals surface area (Å²) in [5.41, 5.74) is 1.18. The largest absolute Gasteiger partial charge is 0.454 e. The van der Waals surface area contributed by atoms with Crippen LogP contribution in [0.3, 0.4) is 0 Å². The molecule has 0 bridgehead atoms. The quantitative estimate of drug-likeness (QED) is 0.718. The smallest absolute Gasteiger partial charge is 0.251 e. The van der Waals surface area contributed by atoms with Gasteiger partial charge in [-0.2, -0.15) is 0 Å². The monoisotopic (exact) mass is 411 g/mol. The number of hydrogen-bond acceptors (Lipinski definition) is 6. The molecule has 2 fully saturated rings. The van der Waals surface area contributed by atoms with E-state index in [1.807, 2.05) is 23.1 Å². The van der Waals surface area contributed by atoms with Gasteiger partial charge in [-0.05, 0) is 29.8 Å². The number of benzene rings is 2. The van der Waals surface area contributed by atoms with Crippen molar-refractivity contribution in [3.63, 3.8) is 0 Å². The predicted molar refractivity (Wildman–Crippen MR) is 107 cm³/mol. The molecule has 2 aromatic carbocycles. The van der Waals surface area contributed by atoms with E-state index in [9.17, 15) is 14.0 Å². The standard InChI is InChI=1S/C22H22FN3O4/c23-16-3-1-2-4-17(16)26-21(27)12-18(22(26)28)25-9-7-24(8-10-25)13-15-5-6-19-20(11-15)30-14-29-19/h1-6,11,18H,7-10,12-14H2/t18-/m0/s1. The summed E-state index contributed by atoms with van der Waals surface area (Å²) in [5, 5.41) is 0. The number of anilines is 1. The van der Waals surface area contributed by atoms with Gasteiger partial charge >= 0.3 is 0 Å². The van der Waals surface area contributed by atoms with Crippen LogP contribution in [0.15, 0.2) is 42.5 Å². The molecule has 30 heavy (non-hydrogen) atoms. The van der Waals surface area contributed by atoms with E-state index in [-0.39, 0.29) is 30.7 Å². The average molecular weight is 411 g/mol. The van der Waals surface area contributed by atoms with Gasteiger partial charge in [0, 0.05) is 32.7 Å². The number of carbonyl (C=O) groups is 2. The zero-order valence-electron chi connectivity index (χ0n) is 16.4. The number of ether oxygens (including phenoxy) is 2. The van der Waals surface area contributed by atoms with Crippen molar-refractivity contribution in [1.29, 1.82) is 0 Å². The lowest BCUT2D eigenvalue weighted by atomic mass is 10.1. The number of nitrogens with zero attached hydrogens (tertiary/aromatic N) is 3. The zero-order chi connectivity index (χ0) is 20.7. The first-order chi connectivity index (χ1) is 14.6. The van der Waals surface area contributed by atoms with Gasteiger partial charge in [0.2, 0.25) is 12.7 Å². The highest BCUT2D eigenvalue weighted by Gasteiger charge is 2.44. The molecule has 0 aromatic heterocycles. The number of amides is 2. The number of piperazine rings is 1. The lowest BCUT2D eigenvalue weighted by Gasteiger charge is -2.37.